The number of nitrogens with one attached hydrogen (secondary N) is 2. The first-order valence-corrected chi connectivity index (χ1v) is 6.19. The van der Waals surface area contributed by atoms with E-state index in [1.54, 1.807) is 18.2 Å². The van der Waals surface area contributed by atoms with E-state index >= 15 is 0 Å². The van der Waals surface area contributed by atoms with Crippen molar-refractivity contribution in [3.05, 3.63) is 60.2 Å². The third-order valence-electron chi connectivity index (χ3n) is 2.67. The molecule has 5 heteroatoms. The van der Waals surface area contributed by atoms with E-state index in [4.69, 9.17) is 0 Å². The molecule has 20 heavy (non-hydrogen) atoms. The van der Waals surface area contributed by atoms with Crippen LogP contribution in [-0.4, -0.2) is 12.5 Å². The molecular weight excluding hydrogens is 262 g/mol. The number of carbonyl (C=O) groups is 1. The topological polar surface area (TPSA) is 41.1 Å². The Kier molecular flexibility index (Phi) is 4.65. The molecule has 2 aromatic rings. The number of hydrogen-bond acceptors (Lipinski definition) is 2. The van der Waals surface area contributed by atoms with E-state index in [0.29, 0.717) is 17.9 Å². The number of amides is 1. The summed E-state index contributed by atoms with van der Waals surface area (Å²) in [6.07, 6.45) is 0.186. The first kappa shape index (κ1) is 14.0. The van der Waals surface area contributed by atoms with Crippen molar-refractivity contribution in [3.63, 3.8) is 0 Å². The van der Waals surface area contributed by atoms with Crippen LogP contribution in [0.1, 0.15) is 6.42 Å². The van der Waals surface area contributed by atoms with Crippen molar-refractivity contribution in [2.45, 2.75) is 6.42 Å². The van der Waals surface area contributed by atoms with Crippen LogP contribution in [-0.2, 0) is 4.79 Å². The van der Waals surface area contributed by atoms with Gasteiger partial charge in [0.05, 0.1) is 5.69 Å². The summed E-state index contributed by atoms with van der Waals surface area (Å²) in [5.41, 5.74) is 0.893. The molecule has 1 amide bonds. The molecule has 0 aliphatic carbocycles. The molecule has 0 saturated carbocycles. The Hall–Kier alpha value is -2.43. The average molecular weight is 276 g/mol. The SMILES string of the molecule is O=C(CCNc1ccccc1F)Nc1ccc(F)cc1. The molecule has 0 fully saturated rings. The van der Waals surface area contributed by atoms with Crippen LogP contribution in [0.5, 0.6) is 0 Å². The molecule has 0 atom stereocenters. The summed E-state index contributed by atoms with van der Waals surface area (Å²) in [4.78, 5) is 11.6. The van der Waals surface area contributed by atoms with E-state index in [9.17, 15) is 13.6 Å². The van der Waals surface area contributed by atoms with Gasteiger partial charge >= 0.3 is 0 Å². The molecular formula is C15H14F2N2O. The largest absolute Gasteiger partial charge is 0.382 e. The van der Waals surface area contributed by atoms with Crippen LogP contribution in [0.25, 0.3) is 0 Å². The van der Waals surface area contributed by atoms with Crippen molar-refractivity contribution >= 4 is 17.3 Å². The van der Waals surface area contributed by atoms with Crippen molar-refractivity contribution in [2.24, 2.45) is 0 Å². The van der Waals surface area contributed by atoms with E-state index in [-0.39, 0.29) is 24.0 Å². The first-order chi connectivity index (χ1) is 9.65. The second-order valence-corrected chi connectivity index (χ2v) is 4.21. The van der Waals surface area contributed by atoms with Gasteiger partial charge in [-0.2, -0.15) is 0 Å². The minimum atomic E-state index is -0.357. The standard InChI is InChI=1S/C15H14F2N2O/c16-11-5-7-12(8-6-11)19-15(20)9-10-18-14-4-2-1-3-13(14)17/h1-8,18H,9-10H2,(H,19,20). The lowest BCUT2D eigenvalue weighted by atomic mass is 10.3. The van der Waals surface area contributed by atoms with Crippen LogP contribution in [0.3, 0.4) is 0 Å². The number of carbonyl (C=O) groups excluding carboxylic acids is 1. The fourth-order valence-corrected chi connectivity index (χ4v) is 1.67. The molecule has 0 bridgehead atoms. The Morgan fingerprint density at radius 1 is 1.00 bits per heavy atom. The van der Waals surface area contributed by atoms with Gasteiger partial charge in [-0.05, 0) is 36.4 Å². The summed E-state index contributed by atoms with van der Waals surface area (Å²) in [5, 5.41) is 5.47. The smallest absolute Gasteiger partial charge is 0.226 e. The number of hydrogen-bond donors (Lipinski definition) is 2. The lowest BCUT2D eigenvalue weighted by Crippen LogP contribution is -2.16. The molecule has 0 radical (unpaired) electrons. The molecule has 2 rings (SSSR count). The summed E-state index contributed by atoms with van der Waals surface area (Å²) in [7, 11) is 0. The van der Waals surface area contributed by atoms with Gasteiger partial charge in [0, 0.05) is 18.7 Å². The summed E-state index contributed by atoms with van der Waals surface area (Å²) in [5.74, 6) is -0.934. The first-order valence-electron chi connectivity index (χ1n) is 6.19. The van der Waals surface area contributed by atoms with Crippen molar-refractivity contribution in [2.75, 3.05) is 17.2 Å². The summed E-state index contributed by atoms with van der Waals surface area (Å²) < 4.78 is 26.0. The normalized spacial score (nSPS) is 10.1. The van der Waals surface area contributed by atoms with E-state index in [1.165, 1.54) is 30.3 Å². The van der Waals surface area contributed by atoms with Gasteiger partial charge < -0.3 is 10.6 Å². The highest BCUT2D eigenvalue weighted by molar-refractivity contribution is 5.90. The quantitative estimate of drug-likeness (QED) is 0.878. The number of rotatable bonds is 5. The monoisotopic (exact) mass is 276 g/mol. The maximum absolute atomic E-state index is 13.3. The zero-order valence-electron chi connectivity index (χ0n) is 10.7. The maximum Gasteiger partial charge on any atom is 0.226 e. The molecule has 0 heterocycles. The van der Waals surface area contributed by atoms with Crippen molar-refractivity contribution in [1.82, 2.24) is 0 Å². The van der Waals surface area contributed by atoms with Gasteiger partial charge in [0.25, 0.3) is 0 Å². The number of anilines is 2. The molecule has 0 unspecified atom stereocenters. The van der Waals surface area contributed by atoms with Gasteiger partial charge in [-0.1, -0.05) is 12.1 Å². The number of halogens is 2. The summed E-state index contributed by atoms with van der Waals surface area (Å²) in [6.45, 7) is 0.313. The van der Waals surface area contributed by atoms with Crippen molar-refractivity contribution in [3.8, 4) is 0 Å². The predicted molar refractivity (Wildman–Crippen MR) is 74.5 cm³/mol. The molecule has 0 aliphatic heterocycles. The lowest BCUT2D eigenvalue weighted by Gasteiger charge is -2.08. The number of benzene rings is 2. The molecule has 3 nitrogen and oxygen atoms in total. The summed E-state index contributed by atoms with van der Waals surface area (Å²) in [6, 6.07) is 11.8. The number of para-hydroxylation sites is 1. The van der Waals surface area contributed by atoms with Gasteiger partial charge in [0.15, 0.2) is 0 Å². The molecule has 2 N–H and O–H groups in total. The van der Waals surface area contributed by atoms with E-state index < -0.39 is 0 Å². The molecule has 104 valence electrons. The van der Waals surface area contributed by atoms with Crippen LogP contribution < -0.4 is 10.6 Å². The second kappa shape index (κ2) is 6.65. The average Bonchev–Trinajstić information content (AvgIpc) is 2.43. The second-order valence-electron chi connectivity index (χ2n) is 4.21. The summed E-state index contributed by atoms with van der Waals surface area (Å²) >= 11 is 0. The molecule has 0 saturated heterocycles. The van der Waals surface area contributed by atoms with Crippen LogP contribution >= 0.6 is 0 Å². The van der Waals surface area contributed by atoms with E-state index in [2.05, 4.69) is 10.6 Å². The Bertz CT molecular complexity index is 585. The minimum Gasteiger partial charge on any atom is -0.382 e. The van der Waals surface area contributed by atoms with Crippen molar-refractivity contribution < 1.29 is 13.6 Å². The van der Waals surface area contributed by atoms with Gasteiger partial charge in [0.2, 0.25) is 5.91 Å². The fourth-order valence-electron chi connectivity index (χ4n) is 1.67. The molecule has 0 aliphatic rings. The third kappa shape index (κ3) is 4.05. The Morgan fingerprint density at radius 2 is 1.70 bits per heavy atom. The predicted octanol–water partition coefficient (Wildman–Crippen LogP) is 3.41. The third-order valence-corrected chi connectivity index (χ3v) is 2.67. The Morgan fingerprint density at radius 3 is 2.40 bits per heavy atom. The highest BCUT2D eigenvalue weighted by atomic mass is 19.1. The van der Waals surface area contributed by atoms with Crippen LogP contribution in [0, 0.1) is 11.6 Å². The minimum absolute atomic E-state index is 0.186. The van der Waals surface area contributed by atoms with Crippen molar-refractivity contribution in [1.29, 1.82) is 0 Å². The van der Waals surface area contributed by atoms with Crippen LogP contribution in [0.15, 0.2) is 48.5 Å². The van der Waals surface area contributed by atoms with Gasteiger partial charge in [-0.15, -0.1) is 0 Å². The van der Waals surface area contributed by atoms with Crippen LogP contribution in [0.4, 0.5) is 20.2 Å². The molecule has 0 spiro atoms. The van der Waals surface area contributed by atoms with Gasteiger partial charge in [0.1, 0.15) is 11.6 Å². The molecule has 2 aromatic carbocycles. The zero-order chi connectivity index (χ0) is 14.4. The highest BCUT2D eigenvalue weighted by Gasteiger charge is 2.04. The Balaban J connectivity index is 1.78. The lowest BCUT2D eigenvalue weighted by molar-refractivity contribution is -0.115. The zero-order valence-corrected chi connectivity index (χ0v) is 10.7. The fraction of sp³-hybridized carbons (Fsp3) is 0.133. The van der Waals surface area contributed by atoms with Gasteiger partial charge in [-0.25, -0.2) is 8.78 Å². The van der Waals surface area contributed by atoms with Gasteiger partial charge in [-0.3, -0.25) is 4.79 Å². The molecule has 0 aromatic heterocycles. The van der Waals surface area contributed by atoms with Crippen LogP contribution in [0.2, 0.25) is 0 Å². The van der Waals surface area contributed by atoms with E-state index in [0.717, 1.165) is 0 Å². The highest BCUT2D eigenvalue weighted by Crippen LogP contribution is 2.12. The Labute approximate surface area is 115 Å². The van der Waals surface area contributed by atoms with E-state index in [1.807, 2.05) is 0 Å². The maximum atomic E-state index is 13.3.